The predicted molar refractivity (Wildman–Crippen MR) is 381 cm³/mol. The van der Waals surface area contributed by atoms with Crippen molar-refractivity contribution >= 4 is 19.8 Å². The van der Waals surface area contributed by atoms with Gasteiger partial charge in [-0.15, -0.1) is 0 Å². The Labute approximate surface area is 544 Å². The highest BCUT2D eigenvalue weighted by atomic mass is 31.2. The van der Waals surface area contributed by atoms with E-state index in [1.807, 2.05) is 21.1 Å². The molecule has 0 fully saturated rings. The Bertz CT molecular complexity index is 1810. The van der Waals surface area contributed by atoms with Gasteiger partial charge in [-0.05, 0) is 96.3 Å². The third-order valence-electron chi connectivity index (χ3n) is 16.1. The highest BCUT2D eigenvalue weighted by Crippen LogP contribution is 2.43. The van der Waals surface area contributed by atoms with Gasteiger partial charge in [-0.1, -0.05) is 323 Å². The zero-order valence-electron chi connectivity index (χ0n) is 58.2. The number of phosphoric acid groups is 1. The second kappa shape index (κ2) is 68.3. The number of phosphoric ester groups is 1. The van der Waals surface area contributed by atoms with Gasteiger partial charge in [0.2, 0.25) is 0 Å². The second-order valence-corrected chi connectivity index (χ2v) is 27.4. The lowest BCUT2D eigenvalue weighted by molar-refractivity contribution is -0.870. The molecule has 9 nitrogen and oxygen atoms in total. The predicted octanol–water partition coefficient (Wildman–Crippen LogP) is 24.3. The number of rotatable bonds is 68. The molecule has 88 heavy (non-hydrogen) atoms. The van der Waals surface area contributed by atoms with Crippen molar-refractivity contribution in [2.45, 2.75) is 341 Å². The van der Waals surface area contributed by atoms with Crippen molar-refractivity contribution in [2.75, 3.05) is 47.5 Å². The molecular weight excluding hydrogens is 1110 g/mol. The van der Waals surface area contributed by atoms with E-state index < -0.39 is 26.5 Å². The molecule has 2 unspecified atom stereocenters. The lowest BCUT2D eigenvalue weighted by Gasteiger charge is -2.24. The van der Waals surface area contributed by atoms with Gasteiger partial charge in [0.05, 0.1) is 27.7 Å². The number of hydrogen-bond acceptors (Lipinski definition) is 7. The molecule has 0 amide bonds. The minimum atomic E-state index is -4.40. The highest BCUT2D eigenvalue weighted by Gasteiger charge is 2.27. The number of nitrogens with zero attached hydrogens (tertiary/aromatic N) is 1. The average molecular weight is 1250 g/mol. The summed E-state index contributed by atoms with van der Waals surface area (Å²) in [5.41, 5.74) is 0. The first-order valence-electron chi connectivity index (χ1n) is 37.0. The first-order valence-corrected chi connectivity index (χ1v) is 38.5. The minimum absolute atomic E-state index is 0.0268. The summed E-state index contributed by atoms with van der Waals surface area (Å²) in [6.45, 7) is 4.32. The monoisotopic (exact) mass is 1250 g/mol. The van der Waals surface area contributed by atoms with Crippen LogP contribution in [0, 0.1) is 0 Å². The van der Waals surface area contributed by atoms with E-state index in [0.29, 0.717) is 17.4 Å². The summed E-state index contributed by atoms with van der Waals surface area (Å²) in [5.74, 6) is -0.801. The Balaban J connectivity index is 3.93. The fraction of sp³-hybridized carbons (Fsp3) is 0.769. The zero-order valence-corrected chi connectivity index (χ0v) is 59.1. The van der Waals surface area contributed by atoms with Gasteiger partial charge in [0, 0.05) is 12.8 Å². The van der Waals surface area contributed by atoms with Crippen LogP contribution in [-0.2, 0) is 32.7 Å². The van der Waals surface area contributed by atoms with Crippen LogP contribution in [0.2, 0.25) is 0 Å². The number of hydrogen-bond donors (Lipinski definition) is 1. The van der Waals surface area contributed by atoms with E-state index in [9.17, 15) is 19.0 Å². The molecule has 0 saturated carbocycles. The average Bonchev–Trinajstić information content (AvgIpc) is 3.68. The van der Waals surface area contributed by atoms with Crippen LogP contribution in [0.15, 0.2) is 97.2 Å². The molecule has 0 heterocycles. The first-order chi connectivity index (χ1) is 43.0. The first kappa shape index (κ1) is 84.9. The minimum Gasteiger partial charge on any atom is -0.462 e. The Morgan fingerprint density at radius 1 is 0.364 bits per heavy atom. The second-order valence-electron chi connectivity index (χ2n) is 25.9. The molecule has 0 aromatic carbocycles. The lowest BCUT2D eigenvalue weighted by atomic mass is 10.0. The van der Waals surface area contributed by atoms with Gasteiger partial charge >= 0.3 is 19.8 Å². The third-order valence-corrected chi connectivity index (χ3v) is 17.1. The Morgan fingerprint density at radius 3 is 0.966 bits per heavy atom. The van der Waals surface area contributed by atoms with E-state index in [0.717, 1.165) is 89.9 Å². The molecule has 510 valence electrons. The van der Waals surface area contributed by atoms with Crippen LogP contribution >= 0.6 is 7.82 Å². The van der Waals surface area contributed by atoms with Gasteiger partial charge in [-0.3, -0.25) is 18.6 Å². The van der Waals surface area contributed by atoms with E-state index in [-0.39, 0.29) is 32.0 Å². The fourth-order valence-electron chi connectivity index (χ4n) is 10.5. The van der Waals surface area contributed by atoms with Crippen molar-refractivity contribution in [3.8, 4) is 0 Å². The van der Waals surface area contributed by atoms with Crippen LogP contribution in [0.5, 0.6) is 0 Å². The molecule has 0 radical (unpaired) electrons. The van der Waals surface area contributed by atoms with E-state index >= 15 is 0 Å². The molecule has 0 aliphatic carbocycles. The molecule has 0 saturated heterocycles. The van der Waals surface area contributed by atoms with Gasteiger partial charge in [-0.25, -0.2) is 4.57 Å². The Kier molecular flexibility index (Phi) is 65.9. The fourth-order valence-corrected chi connectivity index (χ4v) is 11.2. The summed E-state index contributed by atoms with van der Waals surface area (Å²) < 4.78 is 34.7. The number of esters is 2. The number of quaternary nitrogens is 1. The van der Waals surface area contributed by atoms with Crippen molar-refractivity contribution in [2.24, 2.45) is 0 Å². The summed E-state index contributed by atoms with van der Waals surface area (Å²) >= 11 is 0. The molecule has 0 aromatic heterocycles. The van der Waals surface area contributed by atoms with Crippen LogP contribution in [0.1, 0.15) is 335 Å². The van der Waals surface area contributed by atoms with Crippen molar-refractivity contribution in [3.63, 3.8) is 0 Å². The maximum Gasteiger partial charge on any atom is 0.472 e. The van der Waals surface area contributed by atoms with Crippen molar-refractivity contribution < 1.29 is 42.1 Å². The molecule has 0 aliphatic rings. The number of ether oxygens (including phenoxy) is 2. The summed E-state index contributed by atoms with van der Waals surface area (Å²) in [6, 6.07) is 0. The highest BCUT2D eigenvalue weighted by molar-refractivity contribution is 7.47. The molecule has 0 aliphatic heterocycles. The molecular formula is C78H141NO8P+. The van der Waals surface area contributed by atoms with Crippen LogP contribution in [0.3, 0.4) is 0 Å². The van der Waals surface area contributed by atoms with Crippen LogP contribution in [0.25, 0.3) is 0 Å². The largest absolute Gasteiger partial charge is 0.472 e. The smallest absolute Gasteiger partial charge is 0.462 e. The molecule has 10 heteroatoms. The summed E-state index contributed by atoms with van der Waals surface area (Å²) in [7, 11) is 1.47. The van der Waals surface area contributed by atoms with Gasteiger partial charge in [0.25, 0.3) is 0 Å². The van der Waals surface area contributed by atoms with E-state index in [1.54, 1.807) is 0 Å². The van der Waals surface area contributed by atoms with E-state index in [4.69, 9.17) is 18.5 Å². The Morgan fingerprint density at radius 2 is 0.648 bits per heavy atom. The zero-order chi connectivity index (χ0) is 64.1. The summed E-state index contributed by atoms with van der Waals surface area (Å²) in [5, 5.41) is 0. The Hall–Kier alpha value is -3.07. The van der Waals surface area contributed by atoms with E-state index in [2.05, 4.69) is 111 Å². The SMILES string of the molecule is CC/C=C\C/C=C\C/C=C\C/C=C\C/C=C\CCCCCCCCCC(=O)OC(COC(=O)CCCCCCCCCCCCCCCCCCCCCCCCCCCC/C=C\C/C=C\C/C=C\CCCCCCC)COP(=O)(O)OCC[N+](C)(C)C. The summed E-state index contributed by atoms with van der Waals surface area (Å²) in [6.07, 6.45) is 95.4. The third kappa shape index (κ3) is 72.0. The number of allylic oxidation sites excluding steroid dienone is 16. The quantitative estimate of drug-likeness (QED) is 0.0211. The molecule has 0 spiro atoms. The van der Waals surface area contributed by atoms with E-state index in [1.165, 1.54) is 212 Å². The molecule has 0 rings (SSSR count). The number of unbranched alkanes of at least 4 members (excludes halogenated alkanes) is 38. The van der Waals surface area contributed by atoms with Crippen molar-refractivity contribution in [1.29, 1.82) is 0 Å². The van der Waals surface area contributed by atoms with Crippen LogP contribution in [-0.4, -0.2) is 74.9 Å². The standard InChI is InChI=1S/C78H140NO8P/c1-6-8-10-12-14-16-18-20-22-24-26-28-30-31-32-33-34-35-36-37-38-39-40-41-42-43-44-45-46-47-49-50-52-54-56-58-60-62-64-66-68-70-77(80)84-74-76(75-86-88(82,83)85-73-72-79(3,4)5)87-78(81)71-69-67-65-63-61-59-57-55-53-51-48-29-27-25-23-21-19-17-15-13-11-9-7-2/h9,11,15,17-18,20-21,23-24,26-27,29-31,51,53,76H,6-8,10,12-14,16,19,22,25,28,32-50,52,54-75H2,1-5H3/p+1/b11-9-,17-15-,20-18-,23-21-,26-24-,29-27-,31-30-,53-51-. The maximum absolute atomic E-state index is 12.9. The van der Waals surface area contributed by atoms with Gasteiger partial charge in [0.1, 0.15) is 19.8 Å². The van der Waals surface area contributed by atoms with Crippen LogP contribution in [0.4, 0.5) is 0 Å². The molecule has 2 atom stereocenters. The van der Waals surface area contributed by atoms with Gasteiger partial charge in [-0.2, -0.15) is 0 Å². The number of likely N-dealkylation sites (N-methyl/N-ethyl adjacent to an activating group) is 1. The topological polar surface area (TPSA) is 108 Å². The van der Waals surface area contributed by atoms with Crippen molar-refractivity contribution in [1.82, 2.24) is 0 Å². The number of carbonyl (C=O) groups excluding carboxylic acids is 2. The summed E-state index contributed by atoms with van der Waals surface area (Å²) in [4.78, 5) is 35.9. The van der Waals surface area contributed by atoms with Gasteiger partial charge < -0.3 is 18.9 Å². The molecule has 0 aromatic rings. The van der Waals surface area contributed by atoms with Crippen LogP contribution < -0.4 is 0 Å². The normalized spacial score (nSPS) is 13.7. The van der Waals surface area contributed by atoms with Crippen molar-refractivity contribution in [3.05, 3.63) is 97.2 Å². The number of carbonyl (C=O) groups is 2. The molecule has 0 bridgehead atoms. The maximum atomic E-state index is 12.9. The lowest BCUT2D eigenvalue weighted by Crippen LogP contribution is -2.37. The molecule has 1 N–H and O–H groups in total. The van der Waals surface area contributed by atoms with Gasteiger partial charge in [0.15, 0.2) is 6.10 Å².